The maximum Gasteiger partial charge on any atom is 0.387 e. The van der Waals surface area contributed by atoms with Gasteiger partial charge in [0.05, 0.1) is 19.6 Å². The lowest BCUT2D eigenvalue weighted by molar-refractivity contribution is -0.0512. The zero-order valence-corrected chi connectivity index (χ0v) is 17.2. The predicted molar refractivity (Wildman–Crippen MR) is 114 cm³/mol. The fourth-order valence-electron chi connectivity index (χ4n) is 2.92. The SMILES string of the molecule is COc1ccc(C(=O)Nc2ccccc2COc2ccc(CC#N)cc2)cc1OC(F)F. The van der Waals surface area contributed by atoms with Crippen molar-refractivity contribution in [2.45, 2.75) is 19.6 Å². The molecule has 32 heavy (non-hydrogen) atoms. The van der Waals surface area contributed by atoms with Crippen molar-refractivity contribution >= 4 is 11.6 Å². The van der Waals surface area contributed by atoms with Crippen molar-refractivity contribution in [3.05, 3.63) is 83.4 Å². The number of amides is 1. The largest absolute Gasteiger partial charge is 0.493 e. The fraction of sp³-hybridized carbons (Fsp3) is 0.167. The number of nitriles is 1. The molecular weight excluding hydrogens is 418 g/mol. The number of carbonyl (C=O) groups is 1. The molecule has 8 heteroatoms. The summed E-state index contributed by atoms with van der Waals surface area (Å²) in [4.78, 5) is 12.7. The third kappa shape index (κ3) is 5.95. The molecule has 0 radical (unpaired) electrons. The molecule has 3 aromatic carbocycles. The Hall–Kier alpha value is -4.12. The van der Waals surface area contributed by atoms with Crippen LogP contribution in [0.25, 0.3) is 0 Å². The minimum absolute atomic E-state index is 0.0939. The highest BCUT2D eigenvalue weighted by Gasteiger charge is 2.16. The molecule has 0 heterocycles. The lowest BCUT2D eigenvalue weighted by Gasteiger charge is -2.14. The average Bonchev–Trinajstić information content (AvgIpc) is 2.79. The Bertz CT molecular complexity index is 1110. The molecule has 0 aromatic heterocycles. The Morgan fingerprint density at radius 1 is 1.06 bits per heavy atom. The third-order valence-electron chi connectivity index (χ3n) is 4.51. The van der Waals surface area contributed by atoms with Crippen LogP contribution in [0.4, 0.5) is 14.5 Å². The van der Waals surface area contributed by atoms with E-state index in [1.54, 1.807) is 30.3 Å². The Kier molecular flexibility index (Phi) is 7.60. The Labute approximate surface area is 184 Å². The second-order valence-electron chi connectivity index (χ2n) is 6.62. The van der Waals surface area contributed by atoms with Crippen molar-refractivity contribution in [2.24, 2.45) is 0 Å². The molecule has 0 fully saturated rings. The van der Waals surface area contributed by atoms with Gasteiger partial charge in [-0.2, -0.15) is 14.0 Å². The van der Waals surface area contributed by atoms with Gasteiger partial charge in [0.25, 0.3) is 5.91 Å². The number of nitrogens with zero attached hydrogens (tertiary/aromatic N) is 1. The number of nitrogens with one attached hydrogen (secondary N) is 1. The number of benzene rings is 3. The van der Waals surface area contributed by atoms with E-state index in [9.17, 15) is 13.6 Å². The first-order valence-electron chi connectivity index (χ1n) is 9.61. The van der Waals surface area contributed by atoms with Gasteiger partial charge in [0.1, 0.15) is 12.4 Å². The number of hydrogen-bond donors (Lipinski definition) is 1. The second-order valence-corrected chi connectivity index (χ2v) is 6.62. The molecule has 1 N–H and O–H groups in total. The van der Waals surface area contributed by atoms with E-state index in [0.717, 1.165) is 11.1 Å². The minimum atomic E-state index is -3.05. The fourth-order valence-corrected chi connectivity index (χ4v) is 2.92. The number of ether oxygens (including phenoxy) is 3. The number of para-hydroxylation sites is 1. The van der Waals surface area contributed by atoms with E-state index in [1.165, 1.54) is 25.3 Å². The summed E-state index contributed by atoms with van der Waals surface area (Å²) in [6, 6.07) is 20.4. The van der Waals surface area contributed by atoms with Gasteiger partial charge in [-0.3, -0.25) is 4.79 Å². The van der Waals surface area contributed by atoms with Gasteiger partial charge in [0.2, 0.25) is 0 Å². The van der Waals surface area contributed by atoms with Gasteiger partial charge >= 0.3 is 6.61 Å². The first-order valence-corrected chi connectivity index (χ1v) is 9.61. The normalized spacial score (nSPS) is 10.3. The third-order valence-corrected chi connectivity index (χ3v) is 4.51. The van der Waals surface area contributed by atoms with Crippen molar-refractivity contribution in [2.75, 3.05) is 12.4 Å². The van der Waals surface area contributed by atoms with E-state index in [-0.39, 0.29) is 23.7 Å². The number of anilines is 1. The highest BCUT2D eigenvalue weighted by atomic mass is 19.3. The number of methoxy groups -OCH3 is 1. The molecule has 1 amide bonds. The molecule has 0 saturated carbocycles. The molecule has 164 valence electrons. The zero-order chi connectivity index (χ0) is 22.9. The lowest BCUT2D eigenvalue weighted by atomic mass is 10.1. The molecule has 0 aliphatic heterocycles. The van der Waals surface area contributed by atoms with Crippen LogP contribution in [0.5, 0.6) is 17.2 Å². The Morgan fingerprint density at radius 3 is 2.50 bits per heavy atom. The van der Waals surface area contributed by atoms with Gasteiger partial charge in [-0.25, -0.2) is 0 Å². The monoisotopic (exact) mass is 438 g/mol. The minimum Gasteiger partial charge on any atom is -0.493 e. The van der Waals surface area contributed by atoms with E-state index >= 15 is 0 Å². The molecule has 0 unspecified atom stereocenters. The van der Waals surface area contributed by atoms with E-state index < -0.39 is 12.5 Å². The van der Waals surface area contributed by atoms with Crippen LogP contribution in [0.1, 0.15) is 21.5 Å². The molecule has 6 nitrogen and oxygen atoms in total. The molecule has 3 aromatic rings. The van der Waals surface area contributed by atoms with Crippen LogP contribution in [-0.2, 0) is 13.0 Å². The maximum absolute atomic E-state index is 12.7. The molecule has 3 rings (SSSR count). The molecular formula is C24H20F2N2O4. The topological polar surface area (TPSA) is 80.6 Å². The summed E-state index contributed by atoms with van der Waals surface area (Å²) in [7, 11) is 1.32. The number of halogens is 2. The number of alkyl halides is 2. The highest BCUT2D eigenvalue weighted by Crippen LogP contribution is 2.30. The van der Waals surface area contributed by atoms with Gasteiger partial charge in [-0.1, -0.05) is 30.3 Å². The van der Waals surface area contributed by atoms with Gasteiger partial charge in [-0.15, -0.1) is 0 Å². The van der Waals surface area contributed by atoms with E-state index in [0.29, 0.717) is 17.9 Å². The first kappa shape index (κ1) is 22.6. The number of hydrogen-bond acceptors (Lipinski definition) is 5. The van der Waals surface area contributed by atoms with E-state index in [1.807, 2.05) is 18.2 Å². The summed E-state index contributed by atoms with van der Waals surface area (Å²) in [5.41, 5.74) is 2.26. The quantitative estimate of drug-likeness (QED) is 0.497. The van der Waals surface area contributed by atoms with E-state index in [4.69, 9.17) is 14.7 Å². The smallest absolute Gasteiger partial charge is 0.387 e. The summed E-state index contributed by atoms with van der Waals surface area (Å²) in [5.74, 6) is -0.0140. The summed E-state index contributed by atoms with van der Waals surface area (Å²) in [6.45, 7) is -2.86. The molecule has 0 atom stereocenters. The Balaban J connectivity index is 1.71. The second kappa shape index (κ2) is 10.8. The number of carbonyl (C=O) groups excluding carboxylic acids is 1. The van der Waals surface area contributed by atoms with Crippen molar-refractivity contribution in [1.82, 2.24) is 0 Å². The first-order chi connectivity index (χ1) is 15.5. The zero-order valence-electron chi connectivity index (χ0n) is 17.2. The van der Waals surface area contributed by atoms with Crippen LogP contribution in [0, 0.1) is 11.3 Å². The summed E-state index contributed by atoms with van der Waals surface area (Å²) >= 11 is 0. The molecule has 0 saturated heterocycles. The van der Waals surface area contributed by atoms with Crippen molar-refractivity contribution in [1.29, 1.82) is 5.26 Å². The number of rotatable bonds is 9. The average molecular weight is 438 g/mol. The lowest BCUT2D eigenvalue weighted by Crippen LogP contribution is -2.14. The van der Waals surface area contributed by atoms with Crippen LogP contribution in [0.3, 0.4) is 0 Å². The standard InChI is InChI=1S/C24H20F2N2O4/c1-30-21-11-8-17(14-22(21)32-24(25)26)23(29)28-20-5-3-2-4-18(20)15-31-19-9-6-16(7-10-19)12-13-27/h2-11,14,24H,12,15H2,1H3,(H,28,29). The van der Waals surface area contributed by atoms with Crippen LogP contribution >= 0.6 is 0 Å². The van der Waals surface area contributed by atoms with Crippen molar-refractivity contribution < 1.29 is 27.8 Å². The van der Waals surface area contributed by atoms with Gasteiger partial charge in [0.15, 0.2) is 11.5 Å². The van der Waals surface area contributed by atoms with Crippen molar-refractivity contribution in [3.8, 4) is 23.3 Å². The van der Waals surface area contributed by atoms with Crippen LogP contribution < -0.4 is 19.5 Å². The highest BCUT2D eigenvalue weighted by molar-refractivity contribution is 6.05. The van der Waals surface area contributed by atoms with Gasteiger partial charge < -0.3 is 19.5 Å². The molecule has 0 spiro atoms. The van der Waals surface area contributed by atoms with Gasteiger partial charge in [0, 0.05) is 16.8 Å². The molecule has 0 bridgehead atoms. The molecule has 0 aliphatic rings. The van der Waals surface area contributed by atoms with Crippen LogP contribution in [0.15, 0.2) is 66.7 Å². The summed E-state index contributed by atoms with van der Waals surface area (Å²) in [6.07, 6.45) is 0.324. The van der Waals surface area contributed by atoms with Crippen LogP contribution in [-0.4, -0.2) is 19.6 Å². The maximum atomic E-state index is 12.7. The predicted octanol–water partition coefficient (Wildman–Crippen LogP) is 5.19. The van der Waals surface area contributed by atoms with Gasteiger partial charge in [-0.05, 0) is 42.0 Å². The van der Waals surface area contributed by atoms with Crippen molar-refractivity contribution in [3.63, 3.8) is 0 Å². The van der Waals surface area contributed by atoms with E-state index in [2.05, 4.69) is 16.1 Å². The van der Waals surface area contributed by atoms with Crippen LogP contribution in [0.2, 0.25) is 0 Å². The molecule has 0 aliphatic carbocycles. The summed E-state index contributed by atoms with van der Waals surface area (Å²) < 4.78 is 40.5. The summed E-state index contributed by atoms with van der Waals surface area (Å²) in [5, 5.41) is 11.5. The Morgan fingerprint density at radius 2 is 1.81 bits per heavy atom.